The number of ketones is 1. The monoisotopic (exact) mass is 390 g/mol. The molecule has 4 aliphatic rings. The molecule has 0 aromatic rings. The Kier molecular flexibility index (Phi) is 5.39. The zero-order valence-electron chi connectivity index (χ0n) is 17.7. The normalized spacial score (nSPS) is 46.4. The maximum atomic E-state index is 13.3. The first-order valence-corrected chi connectivity index (χ1v) is 11.7. The molecule has 0 unspecified atom stereocenters. The van der Waals surface area contributed by atoms with Crippen LogP contribution in [0.2, 0.25) is 0 Å². The number of carboxylic acids is 1. The largest absolute Gasteiger partial charge is 0.481 e. The molecule has 8 atom stereocenters. The lowest BCUT2D eigenvalue weighted by Gasteiger charge is -2.60. The molecule has 0 aromatic carbocycles. The summed E-state index contributed by atoms with van der Waals surface area (Å²) in [6, 6.07) is 0. The Hall–Kier alpha value is -0.900. The summed E-state index contributed by atoms with van der Waals surface area (Å²) < 4.78 is 0. The van der Waals surface area contributed by atoms with E-state index in [9.17, 15) is 14.7 Å². The van der Waals surface area contributed by atoms with E-state index >= 15 is 0 Å². The van der Waals surface area contributed by atoms with Gasteiger partial charge in [0, 0.05) is 25.4 Å². The molecule has 0 aliphatic heterocycles. The number of rotatable bonds is 5. The van der Waals surface area contributed by atoms with Gasteiger partial charge in [-0.2, -0.15) is 0 Å². The third-order valence-electron chi connectivity index (χ3n) is 9.99. The van der Waals surface area contributed by atoms with Gasteiger partial charge in [-0.15, -0.1) is 0 Å². The second-order valence-corrected chi connectivity index (χ2v) is 11.0. The first-order valence-electron chi connectivity index (χ1n) is 11.7. The quantitative estimate of drug-likeness (QED) is 0.714. The van der Waals surface area contributed by atoms with Crippen LogP contribution < -0.4 is 0 Å². The fourth-order valence-electron chi connectivity index (χ4n) is 8.50. The van der Waals surface area contributed by atoms with Crippen molar-refractivity contribution >= 4 is 11.8 Å². The molecular formula is C24H38O4. The van der Waals surface area contributed by atoms with E-state index in [2.05, 4.69) is 13.8 Å². The van der Waals surface area contributed by atoms with Gasteiger partial charge in [0.2, 0.25) is 0 Å². The van der Waals surface area contributed by atoms with Crippen LogP contribution >= 0.6 is 0 Å². The lowest BCUT2D eigenvalue weighted by Crippen LogP contribution is -2.56. The predicted octanol–water partition coefficient (Wildman–Crippen LogP) is 4.69. The number of aliphatic hydroxyl groups is 1. The Balaban J connectivity index is 1.58. The fraction of sp³-hybridized carbons (Fsp3) is 0.917. The minimum absolute atomic E-state index is 0.0550. The van der Waals surface area contributed by atoms with Crippen LogP contribution in [0, 0.1) is 46.3 Å². The Morgan fingerprint density at radius 1 is 1.07 bits per heavy atom. The van der Waals surface area contributed by atoms with Crippen LogP contribution in [0.5, 0.6) is 0 Å². The molecule has 4 nitrogen and oxygen atoms in total. The first kappa shape index (κ1) is 20.4. The summed E-state index contributed by atoms with van der Waals surface area (Å²) in [6.07, 6.45) is 11.0. The van der Waals surface area contributed by atoms with Crippen LogP contribution in [0.25, 0.3) is 0 Å². The van der Waals surface area contributed by atoms with Crippen LogP contribution in [0.4, 0.5) is 0 Å². The molecule has 0 saturated heterocycles. The summed E-state index contributed by atoms with van der Waals surface area (Å²) in [6.45, 7) is 4.92. The van der Waals surface area contributed by atoms with Gasteiger partial charge < -0.3 is 10.2 Å². The van der Waals surface area contributed by atoms with Crippen LogP contribution in [-0.4, -0.2) is 28.6 Å². The molecule has 0 amide bonds. The molecule has 4 rings (SSSR count). The van der Waals surface area contributed by atoms with Crippen molar-refractivity contribution in [2.45, 2.75) is 84.5 Å². The van der Waals surface area contributed by atoms with Gasteiger partial charge in [-0.05, 0) is 85.4 Å². The summed E-state index contributed by atoms with van der Waals surface area (Å²) in [5, 5.41) is 19.1. The molecule has 4 aliphatic carbocycles. The number of carbonyl (C=O) groups excluding carboxylic acids is 1. The molecule has 4 fully saturated rings. The fourth-order valence-corrected chi connectivity index (χ4v) is 8.50. The second kappa shape index (κ2) is 7.41. The number of aliphatic carboxylic acids is 1. The van der Waals surface area contributed by atoms with E-state index in [1.807, 2.05) is 0 Å². The smallest absolute Gasteiger partial charge is 0.303 e. The van der Waals surface area contributed by atoms with Crippen LogP contribution in [0.3, 0.4) is 0 Å². The Labute approximate surface area is 169 Å². The summed E-state index contributed by atoms with van der Waals surface area (Å²) in [7, 11) is 0. The average molecular weight is 391 g/mol. The average Bonchev–Trinajstić information content (AvgIpc) is 3.00. The van der Waals surface area contributed by atoms with Gasteiger partial charge >= 0.3 is 5.97 Å². The van der Waals surface area contributed by atoms with Crippen molar-refractivity contribution in [2.24, 2.45) is 46.3 Å². The number of hydrogen-bond acceptors (Lipinski definition) is 3. The zero-order valence-corrected chi connectivity index (χ0v) is 17.7. The maximum absolute atomic E-state index is 13.3. The Bertz CT molecular complexity index is 630. The van der Waals surface area contributed by atoms with Gasteiger partial charge in [-0.1, -0.05) is 26.7 Å². The Morgan fingerprint density at radius 2 is 1.82 bits per heavy atom. The summed E-state index contributed by atoms with van der Waals surface area (Å²) in [4.78, 5) is 24.4. The van der Waals surface area contributed by atoms with E-state index in [0.717, 1.165) is 32.1 Å². The first-order chi connectivity index (χ1) is 13.3. The van der Waals surface area contributed by atoms with Crippen molar-refractivity contribution < 1.29 is 19.8 Å². The molecular weight excluding hydrogens is 352 g/mol. The SMILES string of the molecule is C[C@]12CCCC[C@H]1CC(=O)[C@@H]1[C@@H]2CC[C@]2(C)[C@@H]([C@H](CO)CCC(=O)O)CC[C@@H]12. The minimum Gasteiger partial charge on any atom is -0.481 e. The number of fused-ring (bicyclic) bond motifs is 5. The van der Waals surface area contributed by atoms with Gasteiger partial charge in [0.1, 0.15) is 5.78 Å². The topological polar surface area (TPSA) is 74.6 Å². The molecule has 0 spiro atoms. The van der Waals surface area contributed by atoms with Gasteiger partial charge in [0.25, 0.3) is 0 Å². The third-order valence-corrected chi connectivity index (χ3v) is 9.99. The van der Waals surface area contributed by atoms with Crippen molar-refractivity contribution in [2.75, 3.05) is 6.61 Å². The van der Waals surface area contributed by atoms with Crippen LogP contribution in [-0.2, 0) is 9.59 Å². The zero-order chi connectivity index (χ0) is 20.1. The molecule has 28 heavy (non-hydrogen) atoms. The van der Waals surface area contributed by atoms with Crippen molar-refractivity contribution in [1.82, 2.24) is 0 Å². The number of carbonyl (C=O) groups is 2. The highest BCUT2D eigenvalue weighted by Crippen LogP contribution is 2.67. The number of Topliss-reactive ketones (excluding diaryl/α,β-unsaturated/α-hetero) is 1. The molecule has 0 radical (unpaired) electrons. The molecule has 4 heteroatoms. The molecule has 0 heterocycles. The van der Waals surface area contributed by atoms with Crippen molar-refractivity contribution in [3.63, 3.8) is 0 Å². The standard InChI is InChI=1S/C24H38O4/c1-23-11-4-3-5-16(23)13-20(26)22-18-8-7-17(15(14-25)6-9-21(27)28)24(18,2)12-10-19(22)23/h15-19,22,25H,3-14H2,1-2H3,(H,27,28)/t15-,16-,17+,18-,19-,22-,23-,24+/m0/s1. The minimum atomic E-state index is -0.777. The molecule has 2 N–H and O–H groups in total. The van der Waals surface area contributed by atoms with E-state index < -0.39 is 5.97 Å². The molecule has 0 aromatic heterocycles. The van der Waals surface area contributed by atoms with E-state index in [0.29, 0.717) is 41.3 Å². The predicted molar refractivity (Wildman–Crippen MR) is 108 cm³/mol. The lowest BCUT2D eigenvalue weighted by molar-refractivity contribution is -0.156. The molecule has 0 bridgehead atoms. The summed E-state index contributed by atoms with van der Waals surface area (Å²) >= 11 is 0. The van der Waals surface area contributed by atoms with Crippen molar-refractivity contribution in [1.29, 1.82) is 0 Å². The van der Waals surface area contributed by atoms with E-state index in [1.54, 1.807) is 0 Å². The highest BCUT2D eigenvalue weighted by atomic mass is 16.4. The third kappa shape index (κ3) is 3.05. The number of hydrogen-bond donors (Lipinski definition) is 2. The number of carboxylic acid groups (broad SMARTS) is 1. The number of aliphatic hydroxyl groups excluding tert-OH is 1. The van der Waals surface area contributed by atoms with Gasteiger partial charge in [-0.25, -0.2) is 0 Å². The highest BCUT2D eigenvalue weighted by Gasteiger charge is 2.62. The van der Waals surface area contributed by atoms with E-state index in [1.165, 1.54) is 25.7 Å². The molecule has 4 saturated carbocycles. The lowest BCUT2D eigenvalue weighted by atomic mass is 9.44. The van der Waals surface area contributed by atoms with E-state index in [4.69, 9.17) is 5.11 Å². The molecule has 158 valence electrons. The van der Waals surface area contributed by atoms with Crippen molar-refractivity contribution in [3.05, 3.63) is 0 Å². The van der Waals surface area contributed by atoms with Crippen molar-refractivity contribution in [3.8, 4) is 0 Å². The van der Waals surface area contributed by atoms with Crippen LogP contribution in [0.1, 0.15) is 84.5 Å². The van der Waals surface area contributed by atoms with Gasteiger partial charge in [-0.3, -0.25) is 9.59 Å². The second-order valence-electron chi connectivity index (χ2n) is 11.0. The maximum Gasteiger partial charge on any atom is 0.303 e. The van der Waals surface area contributed by atoms with E-state index in [-0.39, 0.29) is 30.3 Å². The Morgan fingerprint density at radius 3 is 2.54 bits per heavy atom. The summed E-state index contributed by atoms with van der Waals surface area (Å²) in [5.74, 6) is 1.94. The van der Waals surface area contributed by atoms with Crippen LogP contribution in [0.15, 0.2) is 0 Å². The summed E-state index contributed by atoms with van der Waals surface area (Å²) in [5.41, 5.74) is 0.427. The highest BCUT2D eigenvalue weighted by molar-refractivity contribution is 5.83. The van der Waals surface area contributed by atoms with Gasteiger partial charge in [0.05, 0.1) is 0 Å². The van der Waals surface area contributed by atoms with Gasteiger partial charge in [0.15, 0.2) is 0 Å².